The van der Waals surface area contributed by atoms with Crippen molar-refractivity contribution in [3.8, 4) is 0 Å². The number of benzene rings is 1. The number of carbonyl (C=O) groups excluding carboxylic acids is 2. The Morgan fingerprint density at radius 1 is 1.07 bits per heavy atom. The Labute approximate surface area is 168 Å². The second kappa shape index (κ2) is 6.87. The molecule has 2 saturated carbocycles. The molecule has 3 fully saturated rings. The first-order valence-corrected chi connectivity index (χ1v) is 10.6. The summed E-state index contributed by atoms with van der Waals surface area (Å²) in [6.45, 7) is 3.00. The monoisotopic (exact) mass is 383 g/mol. The predicted octanol–water partition coefficient (Wildman–Crippen LogP) is 3.54. The highest BCUT2D eigenvalue weighted by atomic mass is 16.2. The quantitative estimate of drug-likeness (QED) is 0.846. The fraction of sp³-hybridized carbons (Fsp3) is 0.652. The van der Waals surface area contributed by atoms with E-state index < -0.39 is 0 Å². The van der Waals surface area contributed by atoms with Gasteiger partial charge in [0.1, 0.15) is 5.78 Å². The summed E-state index contributed by atoms with van der Waals surface area (Å²) < 4.78 is 0. The van der Waals surface area contributed by atoms with Gasteiger partial charge in [-0.1, -0.05) is 36.8 Å². The van der Waals surface area contributed by atoms with Gasteiger partial charge in [-0.15, -0.1) is 0 Å². The zero-order valence-electron chi connectivity index (χ0n) is 17.5. The van der Waals surface area contributed by atoms with Crippen LogP contribution in [0.5, 0.6) is 0 Å². The Kier molecular flexibility index (Phi) is 4.77. The molecule has 0 aromatic heterocycles. The second-order valence-electron chi connectivity index (χ2n) is 9.45. The minimum Gasteiger partial charge on any atom is -0.336 e. The van der Waals surface area contributed by atoms with Crippen molar-refractivity contribution < 1.29 is 9.59 Å². The van der Waals surface area contributed by atoms with Crippen molar-refractivity contribution in [1.82, 2.24) is 15.1 Å². The maximum atomic E-state index is 12.7. The lowest BCUT2D eigenvalue weighted by molar-refractivity contribution is -0.133. The van der Waals surface area contributed by atoms with Crippen LogP contribution in [0.25, 0.3) is 0 Å². The van der Waals surface area contributed by atoms with E-state index in [1.54, 1.807) is 6.92 Å². The molecule has 1 heterocycles. The van der Waals surface area contributed by atoms with Crippen LogP contribution in [0, 0.1) is 5.41 Å². The van der Waals surface area contributed by atoms with Crippen molar-refractivity contribution in [1.29, 1.82) is 0 Å². The SMILES string of the molecule is CC(=O)C1(CN2C(=O)NCC23CCC(c2ccccc2)(N(C)C)CC3)CCC1. The maximum Gasteiger partial charge on any atom is 0.318 e. The molecule has 152 valence electrons. The van der Waals surface area contributed by atoms with Crippen molar-refractivity contribution in [2.24, 2.45) is 5.41 Å². The average Bonchev–Trinajstić information content (AvgIpc) is 2.95. The minimum absolute atomic E-state index is 0.0125. The van der Waals surface area contributed by atoms with Crippen LogP contribution in [0.2, 0.25) is 0 Å². The van der Waals surface area contributed by atoms with Crippen molar-refractivity contribution in [3.05, 3.63) is 35.9 Å². The van der Waals surface area contributed by atoms with Crippen LogP contribution in [0.1, 0.15) is 57.4 Å². The molecule has 0 unspecified atom stereocenters. The highest BCUT2D eigenvalue weighted by Crippen LogP contribution is 2.50. The molecule has 28 heavy (non-hydrogen) atoms. The van der Waals surface area contributed by atoms with Crippen molar-refractivity contribution in [2.75, 3.05) is 27.2 Å². The Bertz CT molecular complexity index is 746. The van der Waals surface area contributed by atoms with E-state index in [1.807, 2.05) is 4.90 Å². The fourth-order valence-corrected chi connectivity index (χ4v) is 5.73. The first-order valence-electron chi connectivity index (χ1n) is 10.6. The van der Waals surface area contributed by atoms with Gasteiger partial charge in [-0.3, -0.25) is 9.69 Å². The number of Topliss-reactive ketones (excluding diaryl/α,β-unsaturated/α-hetero) is 1. The number of nitrogens with zero attached hydrogens (tertiary/aromatic N) is 2. The van der Waals surface area contributed by atoms with Gasteiger partial charge in [0.2, 0.25) is 0 Å². The highest BCUT2D eigenvalue weighted by molar-refractivity contribution is 5.85. The molecule has 1 N–H and O–H groups in total. The van der Waals surface area contributed by atoms with E-state index in [1.165, 1.54) is 5.56 Å². The molecule has 0 bridgehead atoms. The normalized spacial score (nSPS) is 31.7. The van der Waals surface area contributed by atoms with Crippen LogP contribution in [0.4, 0.5) is 4.79 Å². The topological polar surface area (TPSA) is 52.7 Å². The Morgan fingerprint density at radius 3 is 2.21 bits per heavy atom. The third kappa shape index (κ3) is 2.86. The molecular formula is C23H33N3O2. The first-order chi connectivity index (χ1) is 13.3. The number of hydrogen-bond donors (Lipinski definition) is 1. The molecule has 5 heteroatoms. The molecular weight excluding hydrogens is 350 g/mol. The molecule has 0 radical (unpaired) electrons. The van der Waals surface area contributed by atoms with Gasteiger partial charge < -0.3 is 10.2 Å². The molecule has 1 spiro atoms. The minimum atomic E-state index is -0.301. The zero-order chi connectivity index (χ0) is 20.0. The Balaban J connectivity index is 1.58. The molecule has 2 amide bonds. The van der Waals surface area contributed by atoms with E-state index in [2.05, 4.69) is 54.6 Å². The van der Waals surface area contributed by atoms with E-state index in [9.17, 15) is 9.59 Å². The molecule has 1 aliphatic heterocycles. The number of carbonyl (C=O) groups is 2. The summed E-state index contributed by atoms with van der Waals surface area (Å²) in [6.07, 6.45) is 6.91. The number of urea groups is 1. The summed E-state index contributed by atoms with van der Waals surface area (Å²) in [7, 11) is 4.33. The lowest BCUT2D eigenvalue weighted by Crippen LogP contribution is -2.59. The van der Waals surface area contributed by atoms with Gasteiger partial charge in [0.05, 0.1) is 5.54 Å². The van der Waals surface area contributed by atoms with E-state index in [0.717, 1.165) is 44.9 Å². The van der Waals surface area contributed by atoms with Crippen molar-refractivity contribution in [2.45, 2.75) is 62.9 Å². The fourth-order valence-electron chi connectivity index (χ4n) is 5.73. The lowest BCUT2D eigenvalue weighted by Gasteiger charge is -2.53. The van der Waals surface area contributed by atoms with Crippen LogP contribution >= 0.6 is 0 Å². The second-order valence-corrected chi connectivity index (χ2v) is 9.45. The molecule has 1 aromatic carbocycles. The van der Waals surface area contributed by atoms with Crippen molar-refractivity contribution in [3.63, 3.8) is 0 Å². The van der Waals surface area contributed by atoms with Crippen LogP contribution in [0.3, 0.4) is 0 Å². The molecule has 5 nitrogen and oxygen atoms in total. The number of amides is 2. The van der Waals surface area contributed by atoms with Gasteiger partial charge in [0, 0.05) is 24.0 Å². The van der Waals surface area contributed by atoms with Gasteiger partial charge in [-0.2, -0.15) is 0 Å². The summed E-state index contributed by atoms with van der Waals surface area (Å²) in [5.41, 5.74) is 0.921. The number of ketones is 1. The lowest BCUT2D eigenvalue weighted by atomic mass is 9.64. The van der Waals surface area contributed by atoms with Gasteiger partial charge >= 0.3 is 6.03 Å². The largest absolute Gasteiger partial charge is 0.336 e. The van der Waals surface area contributed by atoms with Crippen LogP contribution in [-0.4, -0.2) is 54.3 Å². The number of nitrogens with one attached hydrogen (secondary N) is 1. The van der Waals surface area contributed by atoms with Crippen LogP contribution < -0.4 is 5.32 Å². The Morgan fingerprint density at radius 2 is 1.71 bits per heavy atom. The smallest absolute Gasteiger partial charge is 0.318 e. The molecule has 1 saturated heterocycles. The Hall–Kier alpha value is -1.88. The molecule has 0 atom stereocenters. The maximum absolute atomic E-state index is 12.7. The van der Waals surface area contributed by atoms with Gasteiger partial charge in [0.25, 0.3) is 0 Å². The van der Waals surface area contributed by atoms with Crippen LogP contribution in [-0.2, 0) is 10.3 Å². The summed E-state index contributed by atoms with van der Waals surface area (Å²) in [5.74, 6) is 0.247. The van der Waals surface area contributed by atoms with E-state index in [-0.39, 0.29) is 28.3 Å². The molecule has 1 aromatic rings. The van der Waals surface area contributed by atoms with Crippen molar-refractivity contribution >= 4 is 11.8 Å². The zero-order valence-corrected chi connectivity index (χ0v) is 17.5. The number of hydrogen-bond acceptors (Lipinski definition) is 3. The molecule has 2 aliphatic carbocycles. The van der Waals surface area contributed by atoms with Gasteiger partial charge in [0.15, 0.2) is 0 Å². The standard InChI is InChI=1S/C23H33N3O2/c1-18(27)21(10-7-11-21)17-26-20(28)24-16-22(26)12-14-23(15-13-22,25(2)3)19-8-5-4-6-9-19/h4-6,8-9H,7,10-17H2,1-3H3,(H,24,28). The van der Waals surface area contributed by atoms with Crippen LogP contribution in [0.15, 0.2) is 30.3 Å². The van der Waals surface area contributed by atoms with E-state index >= 15 is 0 Å². The highest BCUT2D eigenvalue weighted by Gasteiger charge is 2.55. The average molecular weight is 384 g/mol. The summed E-state index contributed by atoms with van der Waals surface area (Å²) in [4.78, 5) is 29.5. The van der Waals surface area contributed by atoms with E-state index in [4.69, 9.17) is 0 Å². The van der Waals surface area contributed by atoms with Gasteiger partial charge in [-0.05, 0) is 65.1 Å². The first kappa shape index (κ1) is 19.4. The molecule has 3 aliphatic rings. The summed E-state index contributed by atoms with van der Waals surface area (Å²) >= 11 is 0. The third-order valence-electron chi connectivity index (χ3n) is 8.08. The van der Waals surface area contributed by atoms with E-state index in [0.29, 0.717) is 13.1 Å². The predicted molar refractivity (Wildman–Crippen MR) is 110 cm³/mol. The third-order valence-corrected chi connectivity index (χ3v) is 8.08. The summed E-state index contributed by atoms with van der Waals surface area (Å²) in [5, 5.41) is 3.10. The summed E-state index contributed by atoms with van der Waals surface area (Å²) in [6, 6.07) is 10.8. The van der Waals surface area contributed by atoms with Gasteiger partial charge in [-0.25, -0.2) is 4.79 Å². The molecule has 4 rings (SSSR count). The number of rotatable bonds is 5.